The van der Waals surface area contributed by atoms with E-state index in [0.717, 1.165) is 32.2 Å². The topological polar surface area (TPSA) is 89.3 Å². The Balaban J connectivity index is 1.86. The second-order valence-electron chi connectivity index (χ2n) is 5.39. The van der Waals surface area contributed by atoms with Gasteiger partial charge in [0.25, 0.3) is 0 Å². The quantitative estimate of drug-likeness (QED) is 0.468. The van der Waals surface area contributed by atoms with Gasteiger partial charge in [0.15, 0.2) is 0 Å². The van der Waals surface area contributed by atoms with Gasteiger partial charge in [-0.1, -0.05) is 5.11 Å². The molecule has 2 fully saturated rings. The summed E-state index contributed by atoms with van der Waals surface area (Å²) in [6.45, 7) is 1.41. The third-order valence-electron chi connectivity index (χ3n) is 4.16. The fourth-order valence-electron chi connectivity index (χ4n) is 3.07. The zero-order chi connectivity index (χ0) is 13.0. The fourth-order valence-corrected chi connectivity index (χ4v) is 3.07. The molecule has 0 spiro atoms. The summed E-state index contributed by atoms with van der Waals surface area (Å²) in [6, 6.07) is 0.330. The van der Waals surface area contributed by atoms with Crippen molar-refractivity contribution in [1.82, 2.24) is 4.90 Å². The van der Waals surface area contributed by atoms with E-state index in [1.807, 2.05) is 4.90 Å². The summed E-state index contributed by atoms with van der Waals surface area (Å²) in [5, 5.41) is 12.7. The first kappa shape index (κ1) is 13.2. The van der Waals surface area contributed by atoms with Crippen molar-refractivity contribution in [1.29, 1.82) is 0 Å². The average molecular weight is 252 g/mol. The predicted molar refractivity (Wildman–Crippen MR) is 66.7 cm³/mol. The maximum atomic E-state index is 11.9. The molecule has 1 amide bonds. The van der Waals surface area contributed by atoms with Crippen LogP contribution >= 0.6 is 0 Å². The number of nitrogens with zero attached hydrogens (tertiary/aromatic N) is 4. The second-order valence-corrected chi connectivity index (χ2v) is 5.39. The predicted octanol–water partition coefficient (Wildman–Crippen LogP) is 1.70. The Kier molecular flexibility index (Phi) is 4.44. The molecular weight excluding hydrogens is 232 g/mol. The number of likely N-dealkylation sites (tertiary alicyclic amines) is 1. The van der Waals surface area contributed by atoms with Crippen LogP contribution in [0.3, 0.4) is 0 Å². The highest BCUT2D eigenvalue weighted by atomic mass is 16.3. The van der Waals surface area contributed by atoms with Crippen LogP contribution in [0.2, 0.25) is 0 Å². The zero-order valence-electron chi connectivity index (χ0n) is 10.5. The van der Waals surface area contributed by atoms with E-state index in [9.17, 15) is 4.79 Å². The number of carbonyl (C=O) groups is 1. The maximum absolute atomic E-state index is 11.9. The number of hydrogen-bond donors (Lipinski definition) is 1. The molecular formula is C12H20N4O2. The molecule has 1 N–H and O–H groups in total. The van der Waals surface area contributed by atoms with Crippen LogP contribution in [0.5, 0.6) is 0 Å². The molecule has 1 saturated heterocycles. The summed E-state index contributed by atoms with van der Waals surface area (Å²) in [4.78, 5) is 16.7. The number of aliphatic hydroxyl groups is 1. The van der Waals surface area contributed by atoms with Gasteiger partial charge in [0.1, 0.15) is 0 Å². The molecule has 18 heavy (non-hydrogen) atoms. The van der Waals surface area contributed by atoms with Crippen molar-refractivity contribution >= 4 is 5.91 Å². The SMILES string of the molecule is [N-]=[N+]=NCC1CC(=O)N(C2CCC(CO)CC2)C1. The Morgan fingerprint density at radius 1 is 1.33 bits per heavy atom. The van der Waals surface area contributed by atoms with E-state index in [1.54, 1.807) is 0 Å². The summed E-state index contributed by atoms with van der Waals surface area (Å²) >= 11 is 0. The van der Waals surface area contributed by atoms with Gasteiger partial charge in [0.2, 0.25) is 5.91 Å². The van der Waals surface area contributed by atoms with Gasteiger partial charge in [-0.05, 0) is 43.1 Å². The first-order valence-electron chi connectivity index (χ1n) is 6.65. The Labute approximate surface area is 107 Å². The van der Waals surface area contributed by atoms with Gasteiger partial charge in [-0.15, -0.1) is 0 Å². The first-order valence-corrected chi connectivity index (χ1v) is 6.65. The third-order valence-corrected chi connectivity index (χ3v) is 4.16. The van der Waals surface area contributed by atoms with Crippen LogP contribution in [0.4, 0.5) is 0 Å². The van der Waals surface area contributed by atoms with Crippen LogP contribution in [-0.2, 0) is 4.79 Å². The van der Waals surface area contributed by atoms with Gasteiger partial charge in [0, 0.05) is 37.1 Å². The number of azide groups is 1. The maximum Gasteiger partial charge on any atom is 0.223 e. The lowest BCUT2D eigenvalue weighted by Crippen LogP contribution is -2.39. The minimum Gasteiger partial charge on any atom is -0.396 e. The second kappa shape index (κ2) is 6.07. The molecule has 1 aliphatic carbocycles. The van der Waals surface area contributed by atoms with Gasteiger partial charge in [-0.25, -0.2) is 0 Å². The Bertz CT molecular complexity index is 346. The summed E-state index contributed by atoms with van der Waals surface area (Å²) in [5.74, 6) is 0.794. The highest BCUT2D eigenvalue weighted by Gasteiger charge is 2.35. The smallest absolute Gasteiger partial charge is 0.223 e. The van der Waals surface area contributed by atoms with Gasteiger partial charge < -0.3 is 10.0 Å². The monoisotopic (exact) mass is 252 g/mol. The van der Waals surface area contributed by atoms with Crippen molar-refractivity contribution in [2.45, 2.75) is 38.1 Å². The van der Waals surface area contributed by atoms with Crippen molar-refractivity contribution in [3.63, 3.8) is 0 Å². The molecule has 1 atom stereocenters. The first-order chi connectivity index (χ1) is 8.74. The van der Waals surface area contributed by atoms with Gasteiger partial charge in [-0.2, -0.15) is 0 Å². The summed E-state index contributed by atoms with van der Waals surface area (Å²) in [6.07, 6.45) is 4.51. The lowest BCUT2D eigenvalue weighted by Gasteiger charge is -2.34. The van der Waals surface area contributed by atoms with E-state index in [4.69, 9.17) is 10.6 Å². The third kappa shape index (κ3) is 2.94. The van der Waals surface area contributed by atoms with E-state index in [-0.39, 0.29) is 18.4 Å². The van der Waals surface area contributed by atoms with Gasteiger partial charge >= 0.3 is 0 Å². The number of rotatable bonds is 4. The van der Waals surface area contributed by atoms with Crippen LogP contribution < -0.4 is 0 Å². The highest BCUT2D eigenvalue weighted by molar-refractivity contribution is 5.79. The van der Waals surface area contributed by atoms with Crippen LogP contribution in [0.15, 0.2) is 5.11 Å². The highest BCUT2D eigenvalue weighted by Crippen LogP contribution is 2.31. The van der Waals surface area contributed by atoms with Crippen molar-refractivity contribution < 1.29 is 9.90 Å². The summed E-state index contributed by atoms with van der Waals surface area (Å²) < 4.78 is 0. The normalized spacial score (nSPS) is 32.4. The van der Waals surface area contributed by atoms with E-state index in [0.29, 0.717) is 24.9 Å². The summed E-state index contributed by atoms with van der Waals surface area (Å²) in [5.41, 5.74) is 8.30. The fraction of sp³-hybridized carbons (Fsp3) is 0.917. The lowest BCUT2D eigenvalue weighted by atomic mass is 9.86. The molecule has 0 bridgehead atoms. The molecule has 6 heteroatoms. The minimum absolute atomic E-state index is 0.184. The molecule has 6 nitrogen and oxygen atoms in total. The minimum atomic E-state index is 0.184. The molecule has 0 radical (unpaired) electrons. The Hall–Kier alpha value is -1.26. The van der Waals surface area contributed by atoms with Crippen molar-refractivity contribution in [2.75, 3.05) is 19.7 Å². The molecule has 0 aromatic carbocycles. The van der Waals surface area contributed by atoms with Crippen LogP contribution in [0.25, 0.3) is 10.4 Å². The molecule has 0 aromatic heterocycles. The van der Waals surface area contributed by atoms with Gasteiger partial charge in [-0.3, -0.25) is 4.79 Å². The number of carbonyl (C=O) groups excluding carboxylic acids is 1. The van der Waals surface area contributed by atoms with Crippen molar-refractivity contribution in [3.05, 3.63) is 10.4 Å². The zero-order valence-corrected chi connectivity index (χ0v) is 10.5. The largest absolute Gasteiger partial charge is 0.396 e. The van der Waals surface area contributed by atoms with Gasteiger partial charge in [0.05, 0.1) is 0 Å². The molecule has 100 valence electrons. The Morgan fingerprint density at radius 2 is 2.06 bits per heavy atom. The molecule has 1 heterocycles. The van der Waals surface area contributed by atoms with Crippen LogP contribution in [0, 0.1) is 11.8 Å². The standard InChI is InChI=1S/C12H20N4O2/c13-15-14-6-10-5-12(18)16(7-10)11-3-1-9(8-17)2-4-11/h9-11,17H,1-8H2. The van der Waals surface area contributed by atoms with Crippen LogP contribution in [0.1, 0.15) is 32.1 Å². The van der Waals surface area contributed by atoms with Crippen molar-refractivity contribution in [2.24, 2.45) is 17.0 Å². The number of amides is 1. The lowest BCUT2D eigenvalue weighted by molar-refractivity contribution is -0.130. The molecule has 0 aromatic rings. The molecule has 2 rings (SSSR count). The molecule has 2 aliphatic rings. The number of hydrogen-bond acceptors (Lipinski definition) is 3. The van der Waals surface area contributed by atoms with Crippen molar-refractivity contribution in [3.8, 4) is 0 Å². The van der Waals surface area contributed by atoms with Crippen LogP contribution in [-0.4, -0.2) is 41.7 Å². The Morgan fingerprint density at radius 3 is 2.67 bits per heavy atom. The van der Waals surface area contributed by atoms with E-state index in [2.05, 4.69) is 10.0 Å². The molecule has 1 saturated carbocycles. The number of aliphatic hydroxyl groups excluding tert-OH is 1. The van der Waals surface area contributed by atoms with E-state index in [1.165, 1.54) is 0 Å². The van der Waals surface area contributed by atoms with E-state index < -0.39 is 0 Å². The van der Waals surface area contributed by atoms with E-state index >= 15 is 0 Å². The molecule has 1 aliphatic heterocycles. The average Bonchev–Trinajstić information content (AvgIpc) is 2.78. The molecule has 1 unspecified atom stereocenters. The summed E-state index contributed by atoms with van der Waals surface area (Å²) in [7, 11) is 0.